The van der Waals surface area contributed by atoms with Crippen LogP contribution in [0.2, 0.25) is 0 Å². The van der Waals surface area contributed by atoms with E-state index in [1.54, 1.807) is 65.5 Å². The number of hydrogen-bond donors (Lipinski definition) is 1. The minimum absolute atomic E-state index is 0.109. The number of hydrogen-bond acceptors (Lipinski definition) is 4. The second-order valence-corrected chi connectivity index (χ2v) is 7.15. The van der Waals surface area contributed by atoms with E-state index >= 15 is 0 Å². The first-order chi connectivity index (χ1) is 14.0. The molecule has 0 atom stereocenters. The van der Waals surface area contributed by atoms with Gasteiger partial charge in [-0.25, -0.2) is 4.68 Å². The lowest BCUT2D eigenvalue weighted by Gasteiger charge is -2.15. The van der Waals surface area contributed by atoms with Crippen LogP contribution in [0.25, 0.3) is 0 Å². The van der Waals surface area contributed by atoms with E-state index in [0.29, 0.717) is 28.1 Å². The van der Waals surface area contributed by atoms with Crippen LogP contribution >= 0.6 is 0 Å². The van der Waals surface area contributed by atoms with Crippen molar-refractivity contribution in [3.63, 3.8) is 0 Å². The van der Waals surface area contributed by atoms with Gasteiger partial charge in [0.25, 0.3) is 17.7 Å². The summed E-state index contributed by atoms with van der Waals surface area (Å²) < 4.78 is 1.72. The zero-order valence-corrected chi connectivity index (χ0v) is 16.1. The highest BCUT2D eigenvalue weighted by atomic mass is 16.2. The van der Waals surface area contributed by atoms with E-state index in [1.807, 2.05) is 13.8 Å². The fourth-order valence-electron chi connectivity index (χ4n) is 3.39. The topological polar surface area (TPSA) is 84.3 Å². The number of carbonyl (C=O) groups is 3. The fourth-order valence-corrected chi connectivity index (χ4v) is 3.39. The number of nitrogens with zero attached hydrogens (tertiary/aromatic N) is 3. The Labute approximate surface area is 167 Å². The number of fused-ring (bicyclic) bond motifs is 1. The molecule has 7 heteroatoms. The molecular formula is C22H20N4O3. The molecule has 2 heterocycles. The molecule has 0 radical (unpaired) electrons. The summed E-state index contributed by atoms with van der Waals surface area (Å²) in [4.78, 5) is 39.0. The molecule has 0 saturated carbocycles. The Kier molecular flexibility index (Phi) is 4.72. The van der Waals surface area contributed by atoms with E-state index in [9.17, 15) is 14.4 Å². The van der Waals surface area contributed by atoms with Gasteiger partial charge < -0.3 is 5.32 Å². The third-order valence-electron chi connectivity index (χ3n) is 4.81. The van der Waals surface area contributed by atoms with Crippen molar-refractivity contribution in [2.45, 2.75) is 26.4 Å². The largest absolute Gasteiger partial charge is 0.307 e. The standard InChI is InChI=1S/C22H20N4O3/c1-14(2)26-19(10-11-23-26)24-20(27)16-7-5-6-15(12-16)13-25-21(28)17-8-3-4-9-18(17)22(25)29/h3-12,14H,13H2,1-2H3,(H,24,27). The van der Waals surface area contributed by atoms with Crippen LogP contribution in [0.1, 0.15) is 56.5 Å². The van der Waals surface area contributed by atoms with Gasteiger partial charge in [-0.05, 0) is 43.7 Å². The summed E-state index contributed by atoms with van der Waals surface area (Å²) in [6.07, 6.45) is 1.63. The van der Waals surface area contributed by atoms with E-state index in [-0.39, 0.29) is 30.3 Å². The van der Waals surface area contributed by atoms with Crippen LogP contribution in [0.15, 0.2) is 60.8 Å². The van der Waals surface area contributed by atoms with Crippen molar-refractivity contribution in [1.82, 2.24) is 14.7 Å². The summed E-state index contributed by atoms with van der Waals surface area (Å²) in [6, 6.07) is 15.5. The highest BCUT2D eigenvalue weighted by molar-refractivity contribution is 6.21. The number of benzene rings is 2. The summed E-state index contributed by atoms with van der Waals surface area (Å²) in [5.74, 6) is -0.310. The molecule has 0 spiro atoms. The molecular weight excluding hydrogens is 368 g/mol. The van der Waals surface area contributed by atoms with E-state index in [2.05, 4.69) is 10.4 Å². The summed E-state index contributed by atoms with van der Waals surface area (Å²) in [7, 11) is 0. The van der Waals surface area contributed by atoms with Crippen LogP contribution in [0, 0.1) is 0 Å². The second-order valence-electron chi connectivity index (χ2n) is 7.15. The van der Waals surface area contributed by atoms with Crippen molar-refractivity contribution in [2.75, 3.05) is 5.32 Å². The highest BCUT2D eigenvalue weighted by Crippen LogP contribution is 2.24. The molecule has 1 aromatic heterocycles. The predicted molar refractivity (Wildman–Crippen MR) is 108 cm³/mol. The molecule has 3 aromatic rings. The van der Waals surface area contributed by atoms with Crippen molar-refractivity contribution in [2.24, 2.45) is 0 Å². The molecule has 3 amide bonds. The van der Waals surface area contributed by atoms with E-state index in [0.717, 1.165) is 0 Å². The average molecular weight is 388 g/mol. The second kappa shape index (κ2) is 7.35. The van der Waals surface area contributed by atoms with Gasteiger partial charge in [0.1, 0.15) is 5.82 Å². The van der Waals surface area contributed by atoms with Gasteiger partial charge >= 0.3 is 0 Å². The summed E-state index contributed by atoms with van der Waals surface area (Å²) in [6.45, 7) is 4.06. The highest BCUT2D eigenvalue weighted by Gasteiger charge is 2.35. The maximum atomic E-state index is 12.7. The van der Waals surface area contributed by atoms with Crippen LogP contribution in [-0.2, 0) is 6.54 Å². The third-order valence-corrected chi connectivity index (χ3v) is 4.81. The smallest absolute Gasteiger partial charge is 0.261 e. The van der Waals surface area contributed by atoms with Crippen molar-refractivity contribution < 1.29 is 14.4 Å². The maximum Gasteiger partial charge on any atom is 0.261 e. The number of nitrogens with one attached hydrogen (secondary N) is 1. The number of rotatable bonds is 5. The van der Waals surface area contributed by atoms with Gasteiger partial charge in [0.2, 0.25) is 0 Å². The molecule has 1 N–H and O–H groups in total. The molecule has 1 aliphatic heterocycles. The average Bonchev–Trinajstić information content (AvgIpc) is 3.27. The van der Waals surface area contributed by atoms with Crippen molar-refractivity contribution in [1.29, 1.82) is 0 Å². The minimum Gasteiger partial charge on any atom is -0.307 e. The maximum absolute atomic E-state index is 12.7. The Bertz CT molecular complexity index is 1080. The molecule has 1 aliphatic rings. The number of aromatic nitrogens is 2. The van der Waals surface area contributed by atoms with Crippen LogP contribution < -0.4 is 5.32 Å². The van der Waals surface area contributed by atoms with Crippen LogP contribution in [0.3, 0.4) is 0 Å². The normalized spacial score (nSPS) is 13.1. The molecule has 0 aliphatic carbocycles. The first-order valence-electron chi connectivity index (χ1n) is 9.34. The number of anilines is 1. The van der Waals surface area contributed by atoms with Crippen LogP contribution in [0.4, 0.5) is 5.82 Å². The molecule has 7 nitrogen and oxygen atoms in total. The van der Waals surface area contributed by atoms with Crippen molar-refractivity contribution in [3.05, 3.63) is 83.0 Å². The molecule has 0 unspecified atom stereocenters. The zero-order chi connectivity index (χ0) is 20.5. The van der Waals surface area contributed by atoms with Gasteiger partial charge in [-0.3, -0.25) is 19.3 Å². The van der Waals surface area contributed by atoms with E-state index in [4.69, 9.17) is 0 Å². The lowest BCUT2D eigenvalue weighted by atomic mass is 10.1. The van der Waals surface area contributed by atoms with Gasteiger partial charge in [-0.1, -0.05) is 24.3 Å². The molecule has 4 rings (SSSR count). The van der Waals surface area contributed by atoms with Gasteiger partial charge in [0.15, 0.2) is 0 Å². The Morgan fingerprint density at radius 1 is 1.00 bits per heavy atom. The fraction of sp³-hybridized carbons (Fsp3) is 0.182. The molecule has 29 heavy (non-hydrogen) atoms. The lowest BCUT2D eigenvalue weighted by molar-refractivity contribution is 0.0642. The molecule has 2 aromatic carbocycles. The van der Waals surface area contributed by atoms with Gasteiger partial charge in [0, 0.05) is 17.7 Å². The van der Waals surface area contributed by atoms with Crippen molar-refractivity contribution >= 4 is 23.5 Å². The molecule has 0 bridgehead atoms. The molecule has 0 fully saturated rings. The first-order valence-corrected chi connectivity index (χ1v) is 9.34. The van der Waals surface area contributed by atoms with Crippen LogP contribution in [-0.4, -0.2) is 32.4 Å². The van der Waals surface area contributed by atoms with E-state index < -0.39 is 0 Å². The number of carbonyl (C=O) groups excluding carboxylic acids is 3. The summed E-state index contributed by atoms with van der Waals surface area (Å²) >= 11 is 0. The lowest BCUT2D eigenvalue weighted by Crippen LogP contribution is -2.29. The van der Waals surface area contributed by atoms with Gasteiger partial charge in [0.05, 0.1) is 23.9 Å². The quantitative estimate of drug-likeness (QED) is 0.678. The van der Waals surface area contributed by atoms with Crippen LogP contribution in [0.5, 0.6) is 0 Å². The van der Waals surface area contributed by atoms with Crippen molar-refractivity contribution in [3.8, 4) is 0 Å². The Balaban J connectivity index is 1.52. The van der Waals surface area contributed by atoms with E-state index in [1.165, 1.54) is 4.90 Å². The predicted octanol–water partition coefficient (Wildman–Crippen LogP) is 3.51. The SMILES string of the molecule is CC(C)n1nccc1NC(=O)c1cccc(CN2C(=O)c3ccccc3C2=O)c1. The first kappa shape index (κ1) is 18.6. The Morgan fingerprint density at radius 3 is 2.34 bits per heavy atom. The minimum atomic E-state index is -0.318. The third kappa shape index (κ3) is 3.42. The van der Waals surface area contributed by atoms with Gasteiger partial charge in [-0.2, -0.15) is 5.10 Å². The molecule has 0 saturated heterocycles. The Morgan fingerprint density at radius 2 is 1.69 bits per heavy atom. The van der Waals surface area contributed by atoms with Gasteiger partial charge in [-0.15, -0.1) is 0 Å². The summed E-state index contributed by atoms with van der Waals surface area (Å²) in [5.41, 5.74) is 1.96. The Hall–Kier alpha value is -3.74. The monoisotopic (exact) mass is 388 g/mol. The molecule has 146 valence electrons. The number of imide groups is 1. The number of amides is 3. The zero-order valence-electron chi connectivity index (χ0n) is 16.1. The summed E-state index contributed by atoms with van der Waals surface area (Å²) in [5, 5.41) is 7.06.